The number of ether oxygens (including phenoxy) is 1. The van der Waals surface area contributed by atoms with Crippen LogP contribution in [0.25, 0.3) is 52.0 Å². The molecule has 0 spiro atoms. The van der Waals surface area contributed by atoms with E-state index in [2.05, 4.69) is 18.7 Å². The third-order valence-corrected chi connectivity index (χ3v) is 12.1. The number of carbonyl (C=O) groups is 3. The van der Waals surface area contributed by atoms with Crippen molar-refractivity contribution in [1.29, 1.82) is 0 Å². The highest BCUT2D eigenvalue weighted by Gasteiger charge is 2.52. The van der Waals surface area contributed by atoms with E-state index in [0.717, 1.165) is 47.2 Å². The number of pyridine rings is 1. The summed E-state index contributed by atoms with van der Waals surface area (Å²) in [6.07, 6.45) is -3.19. The highest BCUT2D eigenvalue weighted by Crippen LogP contribution is 2.47. The standard InChI is InChI=1S/C34H21F2N5O4S3/c35-20-10-17-18(11-21(20)36)30(43)27(29(17)42)38-33-26-25(39-48-40-26)19(13-37-33)24-12-22-31(47-24)32-28(16-8-4-5-9-23(16)46-32)41(22)34(44)45-14-15-6-2-1-3-7-15/h1-9,12-13,17-18,20-21H,10-11,14H2. The molecule has 5 heterocycles. The highest BCUT2D eigenvalue weighted by atomic mass is 32.1. The summed E-state index contributed by atoms with van der Waals surface area (Å²) < 4.78 is 47.4. The van der Waals surface area contributed by atoms with Gasteiger partial charge in [0.2, 0.25) is 0 Å². The Morgan fingerprint density at radius 3 is 2.40 bits per heavy atom. The van der Waals surface area contributed by atoms with Gasteiger partial charge in [0, 0.05) is 38.6 Å². The number of aliphatic imine (C=N–C) groups is 1. The zero-order valence-electron chi connectivity index (χ0n) is 24.6. The Balaban J connectivity index is 1.13. The van der Waals surface area contributed by atoms with Crippen LogP contribution in [0.3, 0.4) is 0 Å². The lowest BCUT2D eigenvalue weighted by molar-refractivity contribution is -0.123. The van der Waals surface area contributed by atoms with Crippen LogP contribution in [0.15, 0.2) is 71.9 Å². The number of rotatable bonds is 4. The first-order chi connectivity index (χ1) is 23.4. The van der Waals surface area contributed by atoms with Crippen LogP contribution in [0.1, 0.15) is 18.4 Å². The minimum atomic E-state index is -1.79. The molecule has 5 aromatic heterocycles. The van der Waals surface area contributed by atoms with E-state index in [9.17, 15) is 23.2 Å². The average Bonchev–Trinajstić information content (AvgIpc) is 3.91. The zero-order chi connectivity index (χ0) is 32.7. The topological polar surface area (TPSA) is 116 Å². The first-order valence-electron chi connectivity index (χ1n) is 15.1. The first kappa shape index (κ1) is 29.4. The largest absolute Gasteiger partial charge is 0.444 e. The maximum atomic E-state index is 14.1. The molecule has 0 N–H and O–H groups in total. The van der Waals surface area contributed by atoms with Crippen molar-refractivity contribution < 1.29 is 27.9 Å². The van der Waals surface area contributed by atoms with Gasteiger partial charge in [-0.1, -0.05) is 48.5 Å². The maximum absolute atomic E-state index is 14.1. The normalized spacial score (nSPS) is 21.2. The first-order valence-corrected chi connectivity index (χ1v) is 17.5. The van der Waals surface area contributed by atoms with E-state index in [0.29, 0.717) is 22.1 Å². The lowest BCUT2D eigenvalue weighted by atomic mass is 9.79. The van der Waals surface area contributed by atoms with Crippen LogP contribution in [0.2, 0.25) is 0 Å². The molecule has 0 saturated heterocycles. The molecule has 0 bridgehead atoms. The van der Waals surface area contributed by atoms with E-state index >= 15 is 0 Å². The van der Waals surface area contributed by atoms with E-state index in [1.54, 1.807) is 22.1 Å². The molecule has 48 heavy (non-hydrogen) atoms. The molecule has 4 unspecified atom stereocenters. The molecule has 9 rings (SSSR count). The minimum absolute atomic E-state index is 0.0356. The van der Waals surface area contributed by atoms with Gasteiger partial charge in [0.1, 0.15) is 30.0 Å². The Morgan fingerprint density at radius 2 is 1.62 bits per heavy atom. The molecule has 2 saturated carbocycles. The number of carbonyl (C=O) groups excluding carboxylic acids is 3. The van der Waals surface area contributed by atoms with E-state index in [4.69, 9.17) is 4.74 Å². The fraction of sp³-hybridized carbons (Fsp3) is 0.206. The molecule has 0 radical (unpaired) electrons. The minimum Gasteiger partial charge on any atom is -0.444 e. The maximum Gasteiger partial charge on any atom is 0.419 e. The van der Waals surface area contributed by atoms with Crippen molar-refractivity contribution in [3.05, 3.63) is 72.4 Å². The molecule has 2 aliphatic rings. The monoisotopic (exact) mass is 697 g/mol. The van der Waals surface area contributed by atoms with Gasteiger partial charge in [-0.3, -0.25) is 9.59 Å². The lowest BCUT2D eigenvalue weighted by Gasteiger charge is -2.27. The predicted molar refractivity (Wildman–Crippen MR) is 182 cm³/mol. The van der Waals surface area contributed by atoms with Crippen molar-refractivity contribution in [2.24, 2.45) is 16.8 Å². The molecule has 0 aliphatic heterocycles. The van der Waals surface area contributed by atoms with Gasteiger partial charge in [0.05, 0.1) is 32.2 Å². The number of fused-ring (bicyclic) bond motifs is 7. The Morgan fingerprint density at radius 1 is 0.917 bits per heavy atom. The number of thiophene rings is 2. The van der Waals surface area contributed by atoms with Crippen LogP contribution >= 0.6 is 34.4 Å². The third kappa shape index (κ3) is 4.46. The van der Waals surface area contributed by atoms with Crippen LogP contribution in [-0.2, 0) is 20.9 Å². The average molecular weight is 698 g/mol. The number of ketones is 2. The van der Waals surface area contributed by atoms with E-state index in [-0.39, 0.29) is 31.0 Å². The fourth-order valence-corrected chi connectivity index (χ4v) is 9.78. The van der Waals surface area contributed by atoms with Gasteiger partial charge in [-0.2, -0.15) is 8.75 Å². The van der Waals surface area contributed by atoms with Crippen molar-refractivity contribution >= 4 is 105 Å². The van der Waals surface area contributed by atoms with Gasteiger partial charge in [-0.05, 0) is 30.5 Å². The molecule has 14 heteroatoms. The van der Waals surface area contributed by atoms with Crippen LogP contribution in [0.5, 0.6) is 0 Å². The quantitative estimate of drug-likeness (QED) is 0.182. The van der Waals surface area contributed by atoms with Gasteiger partial charge < -0.3 is 4.74 Å². The second-order valence-electron chi connectivity index (χ2n) is 11.8. The van der Waals surface area contributed by atoms with E-state index in [1.807, 2.05) is 60.7 Å². The second-order valence-corrected chi connectivity index (χ2v) is 14.5. The summed E-state index contributed by atoms with van der Waals surface area (Å²) in [5, 5.41) is 0.954. The number of aromatic nitrogens is 4. The van der Waals surface area contributed by atoms with Gasteiger partial charge in [0.15, 0.2) is 23.1 Å². The molecular weight excluding hydrogens is 677 g/mol. The molecule has 7 aromatic rings. The molecule has 2 aliphatic carbocycles. The van der Waals surface area contributed by atoms with Crippen molar-refractivity contribution in [1.82, 2.24) is 18.3 Å². The summed E-state index contributed by atoms with van der Waals surface area (Å²) in [5.74, 6) is -2.98. The number of hydrogen-bond donors (Lipinski definition) is 0. The summed E-state index contributed by atoms with van der Waals surface area (Å²) in [6.45, 7) is 0.119. The smallest absolute Gasteiger partial charge is 0.419 e. The van der Waals surface area contributed by atoms with E-state index in [1.165, 1.54) is 11.3 Å². The number of nitrogens with zero attached hydrogens (tertiary/aromatic N) is 5. The zero-order valence-corrected chi connectivity index (χ0v) is 27.1. The van der Waals surface area contributed by atoms with Gasteiger partial charge >= 0.3 is 6.09 Å². The van der Waals surface area contributed by atoms with Crippen molar-refractivity contribution in [2.75, 3.05) is 0 Å². The van der Waals surface area contributed by atoms with Gasteiger partial charge in [-0.15, -0.1) is 22.7 Å². The van der Waals surface area contributed by atoms with Gasteiger partial charge in [0.25, 0.3) is 0 Å². The summed E-state index contributed by atoms with van der Waals surface area (Å²) >= 11 is 4.01. The Kier molecular flexibility index (Phi) is 6.81. The molecule has 4 atom stereocenters. The predicted octanol–water partition coefficient (Wildman–Crippen LogP) is 8.25. The number of hydrogen-bond acceptors (Lipinski definition) is 11. The highest BCUT2D eigenvalue weighted by molar-refractivity contribution is 7.32. The SMILES string of the molecule is O=C1C(=Nc2ncc(-c3cc4c(s3)c3sc5ccccc5c3n4C(=O)OCc3ccccc3)c3nsnc23)C(=O)C2CC(F)C(F)CC12. The van der Waals surface area contributed by atoms with Crippen molar-refractivity contribution in [3.63, 3.8) is 0 Å². The fourth-order valence-electron chi connectivity index (χ4n) is 6.74. The molecular formula is C34H21F2N5O4S3. The van der Waals surface area contributed by atoms with Gasteiger partial charge in [-0.25, -0.2) is 28.1 Å². The Hall–Kier alpha value is -4.79. The molecule has 2 fully saturated rings. The Bertz CT molecular complexity index is 2470. The van der Waals surface area contributed by atoms with Crippen LogP contribution in [-0.4, -0.2) is 54.0 Å². The summed E-state index contributed by atoms with van der Waals surface area (Å²) in [5.41, 5.74) is 3.39. The number of alkyl halides is 2. The molecule has 0 amide bonds. The van der Waals surface area contributed by atoms with E-state index < -0.39 is 41.8 Å². The summed E-state index contributed by atoms with van der Waals surface area (Å²) in [6, 6.07) is 19.3. The summed E-state index contributed by atoms with van der Waals surface area (Å²) in [4.78, 5) is 49.5. The summed E-state index contributed by atoms with van der Waals surface area (Å²) in [7, 11) is 0. The number of Topliss-reactive ketones (excluding diaryl/α,β-unsaturated/α-hetero) is 2. The Labute approximate surface area is 281 Å². The van der Waals surface area contributed by atoms with Crippen LogP contribution in [0, 0.1) is 11.8 Å². The van der Waals surface area contributed by atoms with Crippen LogP contribution in [0.4, 0.5) is 19.4 Å². The molecule has 2 aromatic carbocycles. The molecule has 238 valence electrons. The third-order valence-electron chi connectivity index (χ3n) is 9.07. The number of benzene rings is 2. The lowest BCUT2D eigenvalue weighted by Crippen LogP contribution is -2.35. The van der Waals surface area contributed by atoms with Crippen molar-refractivity contribution in [3.8, 4) is 10.4 Å². The second kappa shape index (κ2) is 11.1. The number of halogens is 2. The van der Waals surface area contributed by atoms with Crippen LogP contribution < -0.4 is 0 Å². The van der Waals surface area contributed by atoms with Crippen molar-refractivity contribution in [2.45, 2.75) is 31.8 Å². The molecule has 9 nitrogen and oxygen atoms in total.